The molecule has 0 spiro atoms. The number of allylic oxidation sites excluding steroid dienone is 1. The van der Waals surface area contributed by atoms with Crippen molar-refractivity contribution in [2.24, 2.45) is 5.92 Å². The minimum Gasteiger partial charge on any atom is -0.508 e. The second-order valence-corrected chi connectivity index (χ2v) is 8.03. The number of alkyl carbamates (subject to hydrolysis) is 1. The van der Waals surface area contributed by atoms with E-state index in [1.165, 1.54) is 17.6 Å². The van der Waals surface area contributed by atoms with Crippen LogP contribution in [-0.2, 0) is 9.53 Å². The van der Waals surface area contributed by atoms with Crippen LogP contribution in [0.5, 0.6) is 5.75 Å². The van der Waals surface area contributed by atoms with Gasteiger partial charge in [-0.25, -0.2) is 10.3 Å². The summed E-state index contributed by atoms with van der Waals surface area (Å²) in [5, 5.41) is 21.0. The van der Waals surface area contributed by atoms with E-state index < -0.39 is 24.0 Å². The maximum Gasteiger partial charge on any atom is 0.414 e. The molecule has 2 atom stereocenters. The second-order valence-electron chi connectivity index (χ2n) is 6.78. The van der Waals surface area contributed by atoms with Crippen molar-refractivity contribution < 1.29 is 29.4 Å². The van der Waals surface area contributed by atoms with Gasteiger partial charge in [-0.15, -0.1) is 0 Å². The summed E-state index contributed by atoms with van der Waals surface area (Å²) in [6, 6.07) is 13.2. The highest BCUT2D eigenvalue weighted by Gasteiger charge is 2.27. The fourth-order valence-corrected chi connectivity index (χ4v) is 3.39. The number of imide groups is 1. The first kappa shape index (κ1) is 24.4. The van der Waals surface area contributed by atoms with Gasteiger partial charge in [0, 0.05) is 20.8 Å². The van der Waals surface area contributed by atoms with Gasteiger partial charge in [-0.05, 0) is 71.7 Å². The van der Waals surface area contributed by atoms with Crippen LogP contribution in [0.1, 0.15) is 41.8 Å². The van der Waals surface area contributed by atoms with E-state index in [0.717, 1.165) is 3.57 Å². The van der Waals surface area contributed by atoms with Gasteiger partial charge in [0.05, 0.1) is 0 Å². The zero-order chi connectivity index (χ0) is 22.8. The zero-order valence-corrected chi connectivity index (χ0v) is 18.9. The van der Waals surface area contributed by atoms with E-state index in [1.54, 1.807) is 48.5 Å². The smallest absolute Gasteiger partial charge is 0.414 e. The molecular formula is C22H23IN2O6. The number of hydrogen-bond acceptors (Lipinski definition) is 6. The molecule has 0 bridgehead atoms. The largest absolute Gasteiger partial charge is 0.508 e. The van der Waals surface area contributed by atoms with Crippen molar-refractivity contribution in [3.8, 4) is 5.75 Å². The lowest BCUT2D eigenvalue weighted by Gasteiger charge is -2.25. The molecule has 2 aromatic carbocycles. The van der Waals surface area contributed by atoms with Gasteiger partial charge < -0.3 is 9.84 Å². The molecule has 0 radical (unpaired) electrons. The third-order valence-electron chi connectivity index (χ3n) is 4.47. The topological polar surface area (TPSA) is 125 Å². The lowest BCUT2D eigenvalue weighted by Crippen LogP contribution is -2.33. The molecule has 2 aromatic rings. The summed E-state index contributed by atoms with van der Waals surface area (Å²) in [6.45, 7) is 1.83. The molecule has 31 heavy (non-hydrogen) atoms. The van der Waals surface area contributed by atoms with Gasteiger partial charge in [0.15, 0.2) is 0 Å². The van der Waals surface area contributed by atoms with Crippen LogP contribution in [0.25, 0.3) is 0 Å². The Morgan fingerprint density at radius 1 is 1.16 bits per heavy atom. The Bertz CT molecular complexity index is 948. The molecule has 164 valence electrons. The molecule has 0 aliphatic carbocycles. The fourth-order valence-electron chi connectivity index (χ4n) is 2.88. The van der Waals surface area contributed by atoms with Crippen molar-refractivity contribution in [1.82, 2.24) is 10.8 Å². The second kappa shape index (κ2) is 12.1. The molecule has 0 heterocycles. The summed E-state index contributed by atoms with van der Waals surface area (Å²) in [5.41, 5.74) is 2.23. The third-order valence-corrected chi connectivity index (χ3v) is 5.14. The van der Waals surface area contributed by atoms with Crippen LogP contribution in [-0.4, -0.2) is 28.2 Å². The minimum atomic E-state index is -0.931. The number of hydroxylamine groups is 1. The predicted molar refractivity (Wildman–Crippen MR) is 121 cm³/mol. The molecule has 9 heteroatoms. The number of halogens is 1. The van der Waals surface area contributed by atoms with E-state index >= 15 is 0 Å². The van der Waals surface area contributed by atoms with Crippen LogP contribution < -0.4 is 10.8 Å². The van der Waals surface area contributed by atoms with E-state index in [9.17, 15) is 19.5 Å². The van der Waals surface area contributed by atoms with Crippen molar-refractivity contribution in [3.63, 3.8) is 0 Å². The monoisotopic (exact) mass is 538 g/mol. The third kappa shape index (κ3) is 7.68. The molecule has 0 unspecified atom stereocenters. The number of carbonyl (C=O) groups excluding carboxylic acids is 3. The van der Waals surface area contributed by atoms with Crippen molar-refractivity contribution in [3.05, 3.63) is 75.4 Å². The van der Waals surface area contributed by atoms with Gasteiger partial charge in [-0.2, -0.15) is 0 Å². The molecule has 0 saturated carbocycles. The predicted octanol–water partition coefficient (Wildman–Crippen LogP) is 4.08. The summed E-state index contributed by atoms with van der Waals surface area (Å²) in [6.07, 6.45) is 1.97. The van der Waals surface area contributed by atoms with Crippen molar-refractivity contribution >= 4 is 40.5 Å². The highest BCUT2D eigenvalue weighted by atomic mass is 127. The number of amides is 3. The Morgan fingerprint density at radius 3 is 2.55 bits per heavy atom. The van der Waals surface area contributed by atoms with E-state index in [1.807, 2.05) is 6.92 Å². The number of phenols is 1. The number of aromatic hydroxyl groups is 1. The quantitative estimate of drug-likeness (QED) is 0.174. The molecule has 0 saturated heterocycles. The van der Waals surface area contributed by atoms with Crippen LogP contribution in [0.15, 0.2) is 60.7 Å². The summed E-state index contributed by atoms with van der Waals surface area (Å²) in [7, 11) is 0. The normalized spacial score (nSPS) is 12.7. The summed E-state index contributed by atoms with van der Waals surface area (Å²) >= 11 is 2.09. The maximum absolute atomic E-state index is 12.4. The van der Waals surface area contributed by atoms with E-state index in [4.69, 9.17) is 9.94 Å². The number of nitrogens with one attached hydrogen (secondary N) is 2. The van der Waals surface area contributed by atoms with E-state index in [0.29, 0.717) is 24.0 Å². The molecule has 2 rings (SSSR count). The number of benzene rings is 2. The highest BCUT2D eigenvalue weighted by Crippen LogP contribution is 2.35. The van der Waals surface area contributed by atoms with E-state index in [-0.39, 0.29) is 11.7 Å². The Morgan fingerprint density at radius 2 is 1.87 bits per heavy atom. The lowest BCUT2D eigenvalue weighted by atomic mass is 9.92. The summed E-state index contributed by atoms with van der Waals surface area (Å²) in [4.78, 5) is 35.7. The molecule has 3 amide bonds. The molecule has 0 aliphatic heterocycles. The SMILES string of the molecule is C[C@H](CC/C=C/C(=O)NO)[C@@H](OC(=O)NC(=O)c1ccccc1)c1cc(I)ccc1O. The van der Waals surface area contributed by atoms with Gasteiger partial charge in [0.25, 0.3) is 11.8 Å². The van der Waals surface area contributed by atoms with Crippen LogP contribution in [0, 0.1) is 9.49 Å². The standard InChI is InChI=1S/C22H23IN2O6/c1-14(7-5-6-10-19(27)25-30)20(17-13-16(23)11-12-18(17)26)31-22(29)24-21(28)15-8-3-2-4-9-15/h2-4,6,8-14,20,26,30H,5,7H2,1H3,(H,25,27)(H,24,28,29)/b10-6+/t14-,20-/m1/s1. The van der Waals surface area contributed by atoms with Gasteiger partial charge in [0.2, 0.25) is 0 Å². The van der Waals surface area contributed by atoms with Gasteiger partial charge in [-0.3, -0.25) is 20.1 Å². The van der Waals surface area contributed by atoms with Crippen LogP contribution in [0.3, 0.4) is 0 Å². The lowest BCUT2D eigenvalue weighted by molar-refractivity contribution is -0.124. The van der Waals surface area contributed by atoms with Crippen molar-refractivity contribution in [2.75, 3.05) is 0 Å². The average molecular weight is 538 g/mol. The number of carbonyl (C=O) groups is 3. The Labute approximate surface area is 193 Å². The van der Waals surface area contributed by atoms with Crippen LogP contribution in [0.4, 0.5) is 4.79 Å². The molecular weight excluding hydrogens is 515 g/mol. The van der Waals surface area contributed by atoms with Gasteiger partial charge in [-0.1, -0.05) is 31.2 Å². The Hall–Kier alpha value is -2.92. The van der Waals surface area contributed by atoms with Gasteiger partial charge >= 0.3 is 6.09 Å². The summed E-state index contributed by atoms with van der Waals surface area (Å²) < 4.78 is 6.39. The number of ether oxygens (including phenoxy) is 1. The molecule has 0 aliphatic rings. The first-order chi connectivity index (χ1) is 14.8. The fraction of sp³-hybridized carbons (Fsp3) is 0.227. The van der Waals surface area contributed by atoms with Crippen LogP contribution >= 0.6 is 22.6 Å². The summed E-state index contributed by atoms with van der Waals surface area (Å²) in [5.74, 6) is -1.53. The zero-order valence-electron chi connectivity index (χ0n) is 16.7. The number of phenolic OH excluding ortho intramolecular Hbond substituents is 1. The van der Waals surface area contributed by atoms with Gasteiger partial charge in [0.1, 0.15) is 11.9 Å². The van der Waals surface area contributed by atoms with Crippen molar-refractivity contribution in [1.29, 1.82) is 0 Å². The van der Waals surface area contributed by atoms with Crippen LogP contribution in [0.2, 0.25) is 0 Å². The highest BCUT2D eigenvalue weighted by molar-refractivity contribution is 14.1. The van der Waals surface area contributed by atoms with E-state index in [2.05, 4.69) is 27.9 Å². The Balaban J connectivity index is 2.14. The molecule has 8 nitrogen and oxygen atoms in total. The number of hydrogen-bond donors (Lipinski definition) is 4. The van der Waals surface area contributed by atoms with Crippen molar-refractivity contribution in [2.45, 2.75) is 25.9 Å². The number of rotatable bonds is 8. The molecule has 0 fully saturated rings. The first-order valence-electron chi connectivity index (χ1n) is 9.47. The molecule has 0 aromatic heterocycles. The minimum absolute atomic E-state index is 0.0327. The maximum atomic E-state index is 12.4. The first-order valence-corrected chi connectivity index (χ1v) is 10.6. The molecule has 4 N–H and O–H groups in total. The average Bonchev–Trinajstić information content (AvgIpc) is 2.77. The Kier molecular flexibility index (Phi) is 9.47.